The van der Waals surface area contributed by atoms with Gasteiger partial charge >= 0.3 is 0 Å². The van der Waals surface area contributed by atoms with Gasteiger partial charge in [0, 0.05) is 4.47 Å². The van der Waals surface area contributed by atoms with Gasteiger partial charge in [-0.05, 0) is 43.3 Å². The third-order valence-corrected chi connectivity index (χ3v) is 3.66. The van der Waals surface area contributed by atoms with Gasteiger partial charge in [-0.15, -0.1) is 0 Å². The summed E-state index contributed by atoms with van der Waals surface area (Å²) < 4.78 is 0.906. The summed E-state index contributed by atoms with van der Waals surface area (Å²) in [6, 6.07) is 12.4. The molecule has 0 unspecified atom stereocenters. The van der Waals surface area contributed by atoms with Gasteiger partial charge in [0.1, 0.15) is 0 Å². The summed E-state index contributed by atoms with van der Waals surface area (Å²) in [5.41, 5.74) is 2.51. The standard InChI is InChI=1S/C15H10BrNO2/c1-9-2-7-12-13(8-9)15(19)17(14(12)18)11-5-3-10(16)4-6-11/h2-8H,1H3. The van der Waals surface area contributed by atoms with E-state index in [-0.39, 0.29) is 11.8 Å². The molecule has 94 valence electrons. The van der Waals surface area contributed by atoms with Crippen LogP contribution in [-0.4, -0.2) is 11.8 Å². The lowest BCUT2D eigenvalue weighted by Gasteiger charge is -2.13. The predicted octanol–water partition coefficient (Wildman–Crippen LogP) is 3.56. The van der Waals surface area contributed by atoms with Crippen LogP contribution in [-0.2, 0) is 0 Å². The van der Waals surface area contributed by atoms with Crippen LogP contribution in [0.5, 0.6) is 0 Å². The van der Waals surface area contributed by atoms with Crippen molar-refractivity contribution in [2.45, 2.75) is 6.92 Å². The molecule has 4 heteroatoms. The van der Waals surface area contributed by atoms with Gasteiger partial charge in [0.25, 0.3) is 11.8 Å². The molecule has 0 fully saturated rings. The van der Waals surface area contributed by atoms with Crippen LogP contribution in [0.15, 0.2) is 46.9 Å². The fourth-order valence-corrected chi connectivity index (χ4v) is 2.44. The first-order chi connectivity index (χ1) is 9.08. The van der Waals surface area contributed by atoms with E-state index in [1.165, 1.54) is 4.90 Å². The molecule has 2 aromatic rings. The van der Waals surface area contributed by atoms with E-state index < -0.39 is 0 Å². The van der Waals surface area contributed by atoms with E-state index in [2.05, 4.69) is 15.9 Å². The minimum absolute atomic E-state index is 0.258. The molecule has 0 bridgehead atoms. The van der Waals surface area contributed by atoms with Gasteiger partial charge in [0.15, 0.2) is 0 Å². The predicted molar refractivity (Wildman–Crippen MR) is 76.5 cm³/mol. The maximum atomic E-state index is 12.3. The first-order valence-electron chi connectivity index (χ1n) is 5.83. The molecule has 0 radical (unpaired) electrons. The third kappa shape index (κ3) is 1.88. The maximum Gasteiger partial charge on any atom is 0.266 e. The SMILES string of the molecule is Cc1ccc2c(c1)C(=O)N(c1ccc(Br)cc1)C2=O. The lowest BCUT2D eigenvalue weighted by Crippen LogP contribution is -2.29. The average molecular weight is 316 g/mol. The topological polar surface area (TPSA) is 37.4 Å². The number of fused-ring (bicyclic) bond motifs is 1. The van der Waals surface area contributed by atoms with Gasteiger partial charge in [0.05, 0.1) is 16.8 Å². The number of carbonyl (C=O) groups is 2. The number of benzene rings is 2. The number of amides is 2. The Labute approximate surface area is 119 Å². The highest BCUT2D eigenvalue weighted by Gasteiger charge is 2.36. The van der Waals surface area contributed by atoms with Crippen molar-refractivity contribution in [3.8, 4) is 0 Å². The number of imide groups is 1. The van der Waals surface area contributed by atoms with Gasteiger partial charge in [-0.3, -0.25) is 9.59 Å². The summed E-state index contributed by atoms with van der Waals surface area (Å²) in [6.07, 6.45) is 0. The zero-order valence-corrected chi connectivity index (χ0v) is 11.8. The van der Waals surface area contributed by atoms with Crippen molar-refractivity contribution in [3.05, 3.63) is 63.6 Å². The van der Waals surface area contributed by atoms with E-state index in [1.54, 1.807) is 24.3 Å². The minimum Gasteiger partial charge on any atom is -0.268 e. The Morgan fingerprint density at radius 2 is 1.53 bits per heavy atom. The Morgan fingerprint density at radius 1 is 0.895 bits per heavy atom. The number of carbonyl (C=O) groups excluding carboxylic acids is 2. The van der Waals surface area contributed by atoms with Crippen molar-refractivity contribution in [1.82, 2.24) is 0 Å². The summed E-state index contributed by atoms with van der Waals surface area (Å²) >= 11 is 3.33. The maximum absolute atomic E-state index is 12.3. The molecule has 0 saturated heterocycles. The second-order valence-corrected chi connectivity index (χ2v) is 5.39. The quantitative estimate of drug-likeness (QED) is 0.755. The van der Waals surface area contributed by atoms with E-state index >= 15 is 0 Å². The second-order valence-electron chi connectivity index (χ2n) is 4.47. The molecular weight excluding hydrogens is 306 g/mol. The number of anilines is 1. The Bertz CT molecular complexity index is 692. The third-order valence-electron chi connectivity index (χ3n) is 3.13. The number of rotatable bonds is 1. The molecule has 1 aliphatic rings. The van der Waals surface area contributed by atoms with Crippen molar-refractivity contribution in [1.29, 1.82) is 0 Å². The van der Waals surface area contributed by atoms with E-state index in [4.69, 9.17) is 0 Å². The van der Waals surface area contributed by atoms with Crippen molar-refractivity contribution in [2.75, 3.05) is 4.90 Å². The molecule has 0 aromatic heterocycles. The summed E-state index contributed by atoms with van der Waals surface area (Å²) in [5, 5.41) is 0. The molecule has 0 aliphatic carbocycles. The molecule has 3 rings (SSSR count). The molecule has 1 heterocycles. The normalized spacial score (nSPS) is 13.9. The summed E-state index contributed by atoms with van der Waals surface area (Å²) in [7, 11) is 0. The minimum atomic E-state index is -0.262. The number of hydrogen-bond donors (Lipinski definition) is 0. The number of nitrogens with zero attached hydrogens (tertiary/aromatic N) is 1. The molecule has 19 heavy (non-hydrogen) atoms. The molecule has 0 spiro atoms. The zero-order chi connectivity index (χ0) is 13.6. The Balaban J connectivity index is 2.10. The van der Waals surface area contributed by atoms with E-state index in [0.717, 1.165) is 10.0 Å². The van der Waals surface area contributed by atoms with Crippen LogP contribution >= 0.6 is 15.9 Å². The van der Waals surface area contributed by atoms with Gasteiger partial charge in [-0.25, -0.2) is 4.90 Å². The first kappa shape index (κ1) is 12.1. The van der Waals surface area contributed by atoms with E-state index in [1.807, 2.05) is 25.1 Å². The van der Waals surface area contributed by atoms with Crippen LogP contribution < -0.4 is 4.90 Å². The Hall–Kier alpha value is -1.94. The van der Waals surface area contributed by atoms with Crippen LogP contribution in [0.1, 0.15) is 26.3 Å². The van der Waals surface area contributed by atoms with Crippen LogP contribution in [0, 0.1) is 6.92 Å². The van der Waals surface area contributed by atoms with Gasteiger partial charge in [-0.1, -0.05) is 27.6 Å². The van der Waals surface area contributed by atoms with Crippen LogP contribution in [0.25, 0.3) is 0 Å². The van der Waals surface area contributed by atoms with E-state index in [9.17, 15) is 9.59 Å². The monoisotopic (exact) mass is 315 g/mol. The first-order valence-corrected chi connectivity index (χ1v) is 6.62. The van der Waals surface area contributed by atoms with Crippen LogP contribution in [0.2, 0.25) is 0 Å². The van der Waals surface area contributed by atoms with Gasteiger partial charge < -0.3 is 0 Å². The molecule has 0 saturated carbocycles. The van der Waals surface area contributed by atoms with Crippen molar-refractivity contribution >= 4 is 33.4 Å². The van der Waals surface area contributed by atoms with Gasteiger partial charge in [-0.2, -0.15) is 0 Å². The number of halogens is 1. The number of aryl methyl sites for hydroxylation is 1. The summed E-state index contributed by atoms with van der Waals surface area (Å²) in [4.78, 5) is 25.9. The van der Waals surface area contributed by atoms with E-state index in [0.29, 0.717) is 16.8 Å². The molecule has 1 aliphatic heterocycles. The zero-order valence-electron chi connectivity index (χ0n) is 10.2. The fourth-order valence-electron chi connectivity index (χ4n) is 2.18. The highest BCUT2D eigenvalue weighted by molar-refractivity contribution is 9.10. The molecule has 0 N–H and O–H groups in total. The van der Waals surface area contributed by atoms with Crippen molar-refractivity contribution < 1.29 is 9.59 Å². The average Bonchev–Trinajstić information content (AvgIpc) is 2.63. The second kappa shape index (κ2) is 4.31. The smallest absolute Gasteiger partial charge is 0.266 e. The Kier molecular flexibility index (Phi) is 2.75. The molecular formula is C15H10BrNO2. The molecule has 2 aromatic carbocycles. The summed E-state index contributed by atoms with van der Waals surface area (Å²) in [5.74, 6) is -0.520. The molecule has 2 amide bonds. The van der Waals surface area contributed by atoms with Crippen molar-refractivity contribution in [3.63, 3.8) is 0 Å². The van der Waals surface area contributed by atoms with Gasteiger partial charge in [0.2, 0.25) is 0 Å². The highest BCUT2D eigenvalue weighted by atomic mass is 79.9. The number of hydrogen-bond acceptors (Lipinski definition) is 2. The van der Waals surface area contributed by atoms with Crippen molar-refractivity contribution in [2.24, 2.45) is 0 Å². The lowest BCUT2D eigenvalue weighted by atomic mass is 10.1. The van der Waals surface area contributed by atoms with Crippen LogP contribution in [0.4, 0.5) is 5.69 Å². The van der Waals surface area contributed by atoms with Crippen LogP contribution in [0.3, 0.4) is 0 Å². The largest absolute Gasteiger partial charge is 0.268 e. The fraction of sp³-hybridized carbons (Fsp3) is 0.0667. The highest BCUT2D eigenvalue weighted by Crippen LogP contribution is 2.29. The lowest BCUT2D eigenvalue weighted by molar-refractivity contribution is 0.0926. The summed E-state index contributed by atoms with van der Waals surface area (Å²) in [6.45, 7) is 1.90. The molecule has 0 atom stereocenters. The molecule has 3 nitrogen and oxygen atoms in total. The Morgan fingerprint density at radius 3 is 2.21 bits per heavy atom.